The van der Waals surface area contributed by atoms with E-state index in [4.69, 9.17) is 21.1 Å². The van der Waals surface area contributed by atoms with Gasteiger partial charge in [-0.15, -0.1) is 0 Å². The molecule has 0 aliphatic rings. The summed E-state index contributed by atoms with van der Waals surface area (Å²) in [5.74, 6) is -0.835. The first-order chi connectivity index (χ1) is 10.9. The molecule has 1 aromatic rings. The Labute approximate surface area is 139 Å². The van der Waals surface area contributed by atoms with Gasteiger partial charge in [0.05, 0.1) is 6.61 Å². The Balaban J connectivity index is 2.16. The minimum Gasteiger partial charge on any atom is -0.493 e. The number of hydrogen-bond donors (Lipinski definition) is 2. The molecule has 2 N–H and O–H groups in total. The summed E-state index contributed by atoms with van der Waals surface area (Å²) in [7, 11) is 0. The number of carbonyl (C=O) groups is 3. The highest BCUT2D eigenvalue weighted by atomic mass is 35.5. The quantitative estimate of drug-likeness (QED) is 0.445. The van der Waals surface area contributed by atoms with Crippen LogP contribution in [0.25, 0.3) is 0 Å². The molecule has 0 fully saturated rings. The molecule has 0 aliphatic carbocycles. The van der Waals surface area contributed by atoms with E-state index in [2.05, 4.69) is 10.9 Å². The summed E-state index contributed by atoms with van der Waals surface area (Å²) in [6.07, 6.45) is 0.578. The van der Waals surface area contributed by atoms with E-state index in [1.165, 1.54) is 6.92 Å². The van der Waals surface area contributed by atoms with E-state index in [0.29, 0.717) is 23.8 Å². The average Bonchev–Trinajstić information content (AvgIpc) is 2.49. The molecule has 126 valence electrons. The van der Waals surface area contributed by atoms with Gasteiger partial charge in [-0.25, -0.2) is 0 Å². The molecule has 0 radical (unpaired) electrons. The number of nitrogens with one attached hydrogen (secondary N) is 2. The lowest BCUT2D eigenvalue weighted by Crippen LogP contribution is -2.42. The lowest BCUT2D eigenvalue weighted by molar-refractivity contribution is -0.149. The Kier molecular flexibility index (Phi) is 7.90. The van der Waals surface area contributed by atoms with Crippen LogP contribution in [0.4, 0.5) is 0 Å². The van der Waals surface area contributed by atoms with Gasteiger partial charge in [0.15, 0.2) is 6.61 Å². The molecule has 1 aromatic carbocycles. The third-order valence-corrected chi connectivity index (χ3v) is 2.90. The number of ether oxygens (including phenoxy) is 2. The lowest BCUT2D eigenvalue weighted by Gasteiger charge is -2.09. The maximum atomic E-state index is 11.4. The summed E-state index contributed by atoms with van der Waals surface area (Å²) < 4.78 is 10.3. The van der Waals surface area contributed by atoms with Gasteiger partial charge in [-0.2, -0.15) is 0 Å². The Morgan fingerprint density at radius 2 is 1.96 bits per heavy atom. The monoisotopic (exact) mass is 342 g/mol. The van der Waals surface area contributed by atoms with Gasteiger partial charge < -0.3 is 9.47 Å². The lowest BCUT2D eigenvalue weighted by atomic mass is 10.2. The highest BCUT2D eigenvalue weighted by molar-refractivity contribution is 6.30. The average molecular weight is 343 g/mol. The van der Waals surface area contributed by atoms with E-state index in [1.807, 2.05) is 6.92 Å². The second kappa shape index (κ2) is 9.68. The van der Waals surface area contributed by atoms with Crippen molar-refractivity contribution in [3.63, 3.8) is 0 Å². The van der Waals surface area contributed by atoms with Gasteiger partial charge in [0.2, 0.25) is 5.91 Å². The number of carbonyl (C=O) groups excluding carboxylic acids is 3. The van der Waals surface area contributed by atoms with Crippen molar-refractivity contribution in [1.82, 2.24) is 10.9 Å². The SMILES string of the molecule is CC(=O)NNC(=O)COC(=O)CCCOc1ccc(Cl)cc1C. The first-order valence-corrected chi connectivity index (χ1v) is 7.36. The second-order valence-corrected chi connectivity index (χ2v) is 5.19. The smallest absolute Gasteiger partial charge is 0.306 e. The molecule has 0 bridgehead atoms. The molecule has 0 aliphatic heterocycles. The second-order valence-electron chi connectivity index (χ2n) is 4.75. The number of amides is 2. The van der Waals surface area contributed by atoms with E-state index in [9.17, 15) is 14.4 Å². The Hall–Kier alpha value is -2.28. The molecule has 1 rings (SSSR count). The number of halogens is 1. The van der Waals surface area contributed by atoms with Gasteiger partial charge >= 0.3 is 5.97 Å². The fraction of sp³-hybridized carbons (Fsp3) is 0.400. The third-order valence-electron chi connectivity index (χ3n) is 2.66. The molecule has 23 heavy (non-hydrogen) atoms. The summed E-state index contributed by atoms with van der Waals surface area (Å²) in [5.41, 5.74) is 5.09. The van der Waals surface area contributed by atoms with Crippen molar-refractivity contribution in [1.29, 1.82) is 0 Å². The largest absolute Gasteiger partial charge is 0.493 e. The van der Waals surface area contributed by atoms with Gasteiger partial charge in [-0.1, -0.05) is 11.6 Å². The van der Waals surface area contributed by atoms with Crippen molar-refractivity contribution in [2.75, 3.05) is 13.2 Å². The van der Waals surface area contributed by atoms with Crippen LogP contribution < -0.4 is 15.6 Å². The predicted octanol–water partition coefficient (Wildman–Crippen LogP) is 1.52. The van der Waals surface area contributed by atoms with Gasteiger partial charge in [0.25, 0.3) is 5.91 Å². The van der Waals surface area contributed by atoms with E-state index in [-0.39, 0.29) is 6.42 Å². The zero-order valence-electron chi connectivity index (χ0n) is 13.0. The molecular formula is C15H19ClN2O5. The van der Waals surface area contributed by atoms with Crippen LogP contribution in [0.1, 0.15) is 25.3 Å². The van der Waals surface area contributed by atoms with Crippen LogP contribution in [0.15, 0.2) is 18.2 Å². The van der Waals surface area contributed by atoms with Crippen LogP contribution >= 0.6 is 11.6 Å². The van der Waals surface area contributed by atoms with Crippen molar-refractivity contribution in [2.24, 2.45) is 0 Å². The zero-order valence-corrected chi connectivity index (χ0v) is 13.7. The van der Waals surface area contributed by atoms with Crippen molar-refractivity contribution < 1.29 is 23.9 Å². The van der Waals surface area contributed by atoms with Crippen LogP contribution in [-0.2, 0) is 19.1 Å². The normalized spacial score (nSPS) is 9.87. The van der Waals surface area contributed by atoms with Gasteiger partial charge in [-0.05, 0) is 37.1 Å². The number of hydrogen-bond acceptors (Lipinski definition) is 5. The summed E-state index contributed by atoms with van der Waals surface area (Å²) >= 11 is 5.85. The van der Waals surface area contributed by atoms with Crippen LogP contribution in [0.3, 0.4) is 0 Å². The summed E-state index contributed by atoms with van der Waals surface area (Å²) in [6, 6.07) is 5.28. The third kappa shape index (κ3) is 8.06. The number of rotatable bonds is 7. The van der Waals surface area contributed by atoms with Crippen LogP contribution in [0.5, 0.6) is 5.75 Å². The summed E-state index contributed by atoms with van der Waals surface area (Å²) in [5, 5.41) is 0.635. The van der Waals surface area contributed by atoms with E-state index in [1.54, 1.807) is 18.2 Å². The van der Waals surface area contributed by atoms with E-state index >= 15 is 0 Å². The van der Waals surface area contributed by atoms with Crippen LogP contribution in [0, 0.1) is 6.92 Å². The molecule has 0 spiro atoms. The number of aryl methyl sites for hydroxylation is 1. The number of hydrazine groups is 1. The van der Waals surface area contributed by atoms with Gasteiger partial charge in [-0.3, -0.25) is 25.2 Å². The minimum atomic E-state index is -0.610. The summed E-state index contributed by atoms with van der Waals surface area (Å²) in [6.45, 7) is 3.02. The molecule has 0 heterocycles. The molecule has 2 amide bonds. The van der Waals surface area contributed by atoms with Crippen molar-refractivity contribution in [3.05, 3.63) is 28.8 Å². The maximum Gasteiger partial charge on any atom is 0.306 e. The first kappa shape index (κ1) is 18.8. The highest BCUT2D eigenvalue weighted by Gasteiger charge is 2.08. The molecular weight excluding hydrogens is 324 g/mol. The van der Waals surface area contributed by atoms with Crippen LogP contribution in [0.2, 0.25) is 5.02 Å². The molecule has 0 saturated heterocycles. The maximum absolute atomic E-state index is 11.4. The standard InChI is InChI=1S/C15H19ClN2O5/c1-10-8-12(16)5-6-13(10)22-7-3-4-15(21)23-9-14(20)18-17-11(2)19/h5-6,8H,3-4,7,9H2,1-2H3,(H,17,19)(H,18,20). The van der Waals surface area contributed by atoms with E-state index < -0.39 is 24.4 Å². The molecule has 0 unspecified atom stereocenters. The minimum absolute atomic E-state index is 0.125. The van der Waals surface area contributed by atoms with Crippen molar-refractivity contribution in [3.8, 4) is 5.75 Å². The first-order valence-electron chi connectivity index (χ1n) is 6.98. The van der Waals surface area contributed by atoms with Gasteiger partial charge in [0, 0.05) is 18.4 Å². The Morgan fingerprint density at radius 3 is 2.61 bits per heavy atom. The Morgan fingerprint density at radius 1 is 1.22 bits per heavy atom. The number of esters is 1. The summed E-state index contributed by atoms with van der Waals surface area (Å²) in [4.78, 5) is 33.2. The Bertz CT molecular complexity index is 577. The topological polar surface area (TPSA) is 93.7 Å². The van der Waals surface area contributed by atoms with Crippen molar-refractivity contribution >= 4 is 29.4 Å². The molecule has 8 heteroatoms. The van der Waals surface area contributed by atoms with Crippen LogP contribution in [-0.4, -0.2) is 31.0 Å². The predicted molar refractivity (Wildman–Crippen MR) is 83.8 cm³/mol. The van der Waals surface area contributed by atoms with Gasteiger partial charge in [0.1, 0.15) is 5.75 Å². The molecule has 0 atom stereocenters. The van der Waals surface area contributed by atoms with E-state index in [0.717, 1.165) is 5.56 Å². The zero-order chi connectivity index (χ0) is 17.2. The fourth-order valence-corrected chi connectivity index (χ4v) is 1.81. The highest BCUT2D eigenvalue weighted by Crippen LogP contribution is 2.21. The number of benzene rings is 1. The molecule has 7 nitrogen and oxygen atoms in total. The molecule has 0 aromatic heterocycles. The fourth-order valence-electron chi connectivity index (χ4n) is 1.59. The molecule has 0 saturated carbocycles. The van der Waals surface area contributed by atoms with Crippen molar-refractivity contribution in [2.45, 2.75) is 26.7 Å².